The molecule has 0 aliphatic heterocycles. The van der Waals surface area contributed by atoms with Gasteiger partial charge >= 0.3 is 0 Å². The quantitative estimate of drug-likeness (QED) is 0.457. The third-order valence-corrected chi connectivity index (χ3v) is 3.63. The number of allylic oxidation sites excluding steroid dienone is 1. The Hall–Kier alpha value is -1.54. The molecule has 0 fully saturated rings. The van der Waals surface area contributed by atoms with Crippen LogP contribution in [0.25, 0.3) is 11.1 Å². The van der Waals surface area contributed by atoms with Gasteiger partial charge in [-0.25, -0.2) is 0 Å². The third-order valence-electron chi connectivity index (χ3n) is 3.10. The van der Waals surface area contributed by atoms with E-state index in [4.69, 9.17) is 4.74 Å². The van der Waals surface area contributed by atoms with Crippen LogP contribution in [0, 0.1) is 0 Å². The minimum atomic E-state index is 0.769. The maximum absolute atomic E-state index is 5.72. The Bertz CT molecular complexity index is 528. The van der Waals surface area contributed by atoms with Crippen LogP contribution in [0.5, 0.6) is 5.75 Å². The predicted octanol–water partition coefficient (Wildman–Crippen LogP) is 5.85. The van der Waals surface area contributed by atoms with Crippen LogP contribution in [0.2, 0.25) is 0 Å². The summed E-state index contributed by atoms with van der Waals surface area (Å²) in [7, 11) is 0. The second-order valence-electron chi connectivity index (χ2n) is 4.66. The molecule has 2 aromatic rings. The molecular weight excluding hydrogens is 312 g/mol. The van der Waals surface area contributed by atoms with Crippen LogP contribution < -0.4 is 4.74 Å². The van der Waals surface area contributed by atoms with Crippen LogP contribution in [0.4, 0.5) is 0 Å². The fourth-order valence-electron chi connectivity index (χ4n) is 1.97. The van der Waals surface area contributed by atoms with Crippen LogP contribution >= 0.6 is 15.9 Å². The predicted molar refractivity (Wildman–Crippen MR) is 89.1 cm³/mol. The highest BCUT2D eigenvalue weighted by molar-refractivity contribution is 9.10. The molecule has 0 unspecified atom stereocenters. The van der Waals surface area contributed by atoms with Crippen molar-refractivity contribution in [3.63, 3.8) is 0 Å². The van der Waals surface area contributed by atoms with E-state index in [-0.39, 0.29) is 0 Å². The summed E-state index contributed by atoms with van der Waals surface area (Å²) >= 11 is 3.45. The first kappa shape index (κ1) is 14.9. The minimum absolute atomic E-state index is 0.769. The maximum Gasteiger partial charge on any atom is 0.119 e. The zero-order valence-corrected chi connectivity index (χ0v) is 13.1. The zero-order valence-electron chi connectivity index (χ0n) is 11.5. The van der Waals surface area contributed by atoms with Crippen LogP contribution in [0.15, 0.2) is 65.7 Å². The Balaban J connectivity index is 1.89. The Morgan fingerprint density at radius 2 is 1.50 bits per heavy atom. The summed E-state index contributed by atoms with van der Waals surface area (Å²) < 4.78 is 6.82. The number of hydrogen-bond donors (Lipinski definition) is 0. The van der Waals surface area contributed by atoms with Gasteiger partial charge in [-0.05, 0) is 54.7 Å². The molecule has 0 radical (unpaired) electrons. The maximum atomic E-state index is 5.72. The smallest absolute Gasteiger partial charge is 0.119 e. The molecule has 0 aliphatic rings. The highest BCUT2D eigenvalue weighted by Crippen LogP contribution is 2.24. The largest absolute Gasteiger partial charge is 0.494 e. The van der Waals surface area contributed by atoms with Crippen LogP contribution in [-0.2, 0) is 0 Å². The van der Waals surface area contributed by atoms with Gasteiger partial charge in [-0.3, -0.25) is 0 Å². The molecule has 0 atom stereocenters. The van der Waals surface area contributed by atoms with Gasteiger partial charge in [0.05, 0.1) is 6.61 Å². The van der Waals surface area contributed by atoms with E-state index in [0.717, 1.165) is 36.1 Å². The van der Waals surface area contributed by atoms with Crippen LogP contribution in [-0.4, -0.2) is 6.61 Å². The van der Waals surface area contributed by atoms with E-state index < -0.39 is 0 Å². The Kier molecular flexibility index (Phi) is 5.87. The molecule has 0 aromatic heterocycles. The Morgan fingerprint density at radius 3 is 2.10 bits per heavy atom. The van der Waals surface area contributed by atoms with Crippen molar-refractivity contribution in [2.75, 3.05) is 6.61 Å². The van der Waals surface area contributed by atoms with Crippen molar-refractivity contribution in [3.8, 4) is 16.9 Å². The number of hydrogen-bond acceptors (Lipinski definition) is 1. The van der Waals surface area contributed by atoms with E-state index in [1.807, 2.05) is 18.2 Å². The zero-order chi connectivity index (χ0) is 14.2. The normalized spacial score (nSPS) is 10.2. The van der Waals surface area contributed by atoms with E-state index in [1.165, 1.54) is 11.1 Å². The fourth-order valence-corrected chi connectivity index (χ4v) is 2.23. The number of unbranched alkanes of at least 4 members (excludes halogenated alkanes) is 2. The summed E-state index contributed by atoms with van der Waals surface area (Å²) in [5.74, 6) is 0.935. The highest BCUT2D eigenvalue weighted by Gasteiger charge is 1.99. The van der Waals surface area contributed by atoms with E-state index >= 15 is 0 Å². The number of benzene rings is 2. The third kappa shape index (κ3) is 4.53. The summed E-state index contributed by atoms with van der Waals surface area (Å²) in [4.78, 5) is 0. The van der Waals surface area contributed by atoms with Crippen molar-refractivity contribution in [2.45, 2.75) is 19.3 Å². The lowest BCUT2D eigenvalue weighted by atomic mass is 10.1. The monoisotopic (exact) mass is 330 g/mol. The van der Waals surface area contributed by atoms with Crippen LogP contribution in [0.3, 0.4) is 0 Å². The molecule has 2 aromatic carbocycles. The van der Waals surface area contributed by atoms with Gasteiger partial charge in [-0.15, -0.1) is 6.58 Å². The molecule has 0 N–H and O–H groups in total. The highest BCUT2D eigenvalue weighted by atomic mass is 79.9. The van der Waals surface area contributed by atoms with Gasteiger partial charge in [0, 0.05) is 4.47 Å². The summed E-state index contributed by atoms with van der Waals surface area (Å²) in [6.07, 6.45) is 5.22. The molecule has 2 rings (SSSR count). The average molecular weight is 331 g/mol. The summed E-state index contributed by atoms with van der Waals surface area (Å²) in [5.41, 5.74) is 2.42. The molecule has 2 heteroatoms. The Labute approximate surface area is 129 Å². The van der Waals surface area contributed by atoms with Crippen molar-refractivity contribution in [1.82, 2.24) is 0 Å². The molecule has 0 aliphatic carbocycles. The minimum Gasteiger partial charge on any atom is -0.494 e. The molecule has 0 spiro atoms. The molecule has 0 saturated carbocycles. The van der Waals surface area contributed by atoms with Crippen molar-refractivity contribution in [3.05, 3.63) is 65.7 Å². The van der Waals surface area contributed by atoms with Crippen molar-refractivity contribution in [2.24, 2.45) is 0 Å². The van der Waals surface area contributed by atoms with Crippen molar-refractivity contribution < 1.29 is 4.74 Å². The first-order valence-electron chi connectivity index (χ1n) is 6.89. The number of rotatable bonds is 7. The number of halogens is 1. The van der Waals surface area contributed by atoms with Crippen molar-refractivity contribution >= 4 is 15.9 Å². The lowest BCUT2D eigenvalue weighted by Gasteiger charge is -2.07. The van der Waals surface area contributed by atoms with E-state index in [2.05, 4.69) is 58.9 Å². The lowest BCUT2D eigenvalue weighted by Crippen LogP contribution is -1.96. The van der Waals surface area contributed by atoms with Gasteiger partial charge in [0.2, 0.25) is 0 Å². The molecule has 104 valence electrons. The topological polar surface area (TPSA) is 9.23 Å². The first-order chi connectivity index (χ1) is 9.79. The van der Waals surface area contributed by atoms with E-state index in [0.29, 0.717) is 0 Å². The molecule has 0 heterocycles. The second kappa shape index (κ2) is 7.91. The molecule has 1 nitrogen and oxygen atoms in total. The molecule has 0 amide bonds. The molecule has 0 bridgehead atoms. The van der Waals surface area contributed by atoms with Gasteiger partial charge in [-0.2, -0.15) is 0 Å². The molecule has 0 saturated heterocycles. The molecule has 20 heavy (non-hydrogen) atoms. The fraction of sp³-hybridized carbons (Fsp3) is 0.222. The van der Waals surface area contributed by atoms with E-state index in [1.54, 1.807) is 0 Å². The summed E-state index contributed by atoms with van der Waals surface area (Å²) in [6, 6.07) is 16.6. The molecular formula is C18H19BrO. The van der Waals surface area contributed by atoms with Gasteiger partial charge in [0.1, 0.15) is 5.75 Å². The van der Waals surface area contributed by atoms with Gasteiger partial charge < -0.3 is 4.74 Å². The SMILES string of the molecule is C=CCCCCOc1ccc(-c2ccc(Br)cc2)cc1. The summed E-state index contributed by atoms with van der Waals surface area (Å²) in [5, 5.41) is 0. The number of ether oxygens (including phenoxy) is 1. The second-order valence-corrected chi connectivity index (χ2v) is 5.58. The van der Waals surface area contributed by atoms with Gasteiger partial charge in [-0.1, -0.05) is 46.3 Å². The first-order valence-corrected chi connectivity index (χ1v) is 7.68. The van der Waals surface area contributed by atoms with Crippen LogP contribution in [0.1, 0.15) is 19.3 Å². The van der Waals surface area contributed by atoms with Crippen molar-refractivity contribution in [1.29, 1.82) is 0 Å². The summed E-state index contributed by atoms with van der Waals surface area (Å²) in [6.45, 7) is 4.49. The average Bonchev–Trinajstić information content (AvgIpc) is 2.49. The standard InChI is InChI=1S/C18H19BrO/c1-2-3-4-5-14-20-18-12-8-16(9-13-18)15-6-10-17(19)11-7-15/h2,6-13H,1,3-5,14H2. The Morgan fingerprint density at radius 1 is 0.900 bits per heavy atom. The van der Waals surface area contributed by atoms with Gasteiger partial charge in [0.15, 0.2) is 0 Å². The van der Waals surface area contributed by atoms with E-state index in [9.17, 15) is 0 Å². The van der Waals surface area contributed by atoms with Gasteiger partial charge in [0.25, 0.3) is 0 Å². The lowest BCUT2D eigenvalue weighted by molar-refractivity contribution is 0.307.